The van der Waals surface area contributed by atoms with Crippen molar-refractivity contribution in [2.24, 2.45) is 5.92 Å². The van der Waals surface area contributed by atoms with Gasteiger partial charge in [-0.15, -0.1) is 0 Å². The summed E-state index contributed by atoms with van der Waals surface area (Å²) in [4.78, 5) is 14.5. The van der Waals surface area contributed by atoms with Crippen molar-refractivity contribution >= 4 is 39.6 Å². The molecule has 0 N–H and O–H groups in total. The molecule has 0 amide bonds. The summed E-state index contributed by atoms with van der Waals surface area (Å²) in [5.74, 6) is 2.35. The maximum Gasteiger partial charge on any atom is 0.164 e. The van der Waals surface area contributed by atoms with E-state index >= 15 is 0 Å². The molecule has 0 fully saturated rings. The number of nitrogens with zero attached hydrogens (tertiary/aromatic N) is 3. The lowest BCUT2D eigenvalue weighted by molar-refractivity contribution is 0.665. The third-order valence-corrected chi connectivity index (χ3v) is 7.16. The molecule has 37 heavy (non-hydrogen) atoms. The highest BCUT2D eigenvalue weighted by Crippen LogP contribution is 2.36. The van der Waals surface area contributed by atoms with E-state index in [0.717, 1.165) is 45.0 Å². The summed E-state index contributed by atoms with van der Waals surface area (Å²) in [5, 5.41) is 2.88. The van der Waals surface area contributed by atoms with Crippen LogP contribution in [0.15, 0.2) is 95.4 Å². The van der Waals surface area contributed by atoms with Crippen LogP contribution < -0.4 is 0 Å². The molecule has 0 radical (unpaired) electrons. The van der Waals surface area contributed by atoms with E-state index in [9.17, 15) is 0 Å². The minimum atomic E-state index is 0.540. The fraction of sp³-hybridized carbons (Fsp3) is 0.0938. The van der Waals surface area contributed by atoms with Gasteiger partial charge in [0, 0.05) is 32.5 Å². The second-order valence-electron chi connectivity index (χ2n) is 9.58. The first-order valence-electron chi connectivity index (χ1n) is 12.4. The van der Waals surface area contributed by atoms with E-state index in [1.165, 1.54) is 11.1 Å². The molecule has 4 nitrogen and oxygen atoms in total. The predicted molar refractivity (Wildman–Crippen MR) is 150 cm³/mol. The minimum absolute atomic E-state index is 0.540. The van der Waals surface area contributed by atoms with Gasteiger partial charge in [0.2, 0.25) is 0 Å². The van der Waals surface area contributed by atoms with Crippen LogP contribution in [-0.2, 0) is 6.42 Å². The summed E-state index contributed by atoms with van der Waals surface area (Å²) in [7, 11) is 0. The fourth-order valence-electron chi connectivity index (χ4n) is 4.98. The van der Waals surface area contributed by atoms with E-state index in [2.05, 4.69) is 43.3 Å². The Balaban J connectivity index is 1.38. The quantitative estimate of drug-likeness (QED) is 0.244. The Morgan fingerprint density at radius 1 is 0.703 bits per heavy atom. The van der Waals surface area contributed by atoms with Gasteiger partial charge < -0.3 is 4.42 Å². The summed E-state index contributed by atoms with van der Waals surface area (Å²) in [6, 6.07) is 28.1. The smallest absolute Gasteiger partial charge is 0.164 e. The van der Waals surface area contributed by atoms with Gasteiger partial charge in [-0.25, -0.2) is 15.0 Å². The molecule has 1 atom stereocenters. The van der Waals surface area contributed by atoms with Crippen LogP contribution >= 0.6 is 11.6 Å². The Morgan fingerprint density at radius 3 is 2.11 bits per heavy atom. The lowest BCUT2D eigenvalue weighted by Gasteiger charge is -2.15. The Kier molecular flexibility index (Phi) is 5.15. The van der Waals surface area contributed by atoms with Gasteiger partial charge in [0.1, 0.15) is 11.2 Å². The highest BCUT2D eigenvalue weighted by Gasteiger charge is 2.17. The number of fused-ring (bicyclic) bond motifs is 4. The van der Waals surface area contributed by atoms with E-state index in [-0.39, 0.29) is 0 Å². The highest BCUT2D eigenvalue weighted by atomic mass is 35.5. The van der Waals surface area contributed by atoms with Crippen LogP contribution in [0.25, 0.3) is 62.2 Å². The number of aromatic nitrogens is 3. The summed E-state index contributed by atoms with van der Waals surface area (Å²) in [6.45, 7) is 2.24. The molecule has 0 bridgehead atoms. The summed E-state index contributed by atoms with van der Waals surface area (Å²) < 4.78 is 6.35. The largest absolute Gasteiger partial charge is 0.456 e. The monoisotopic (exact) mass is 499 g/mol. The van der Waals surface area contributed by atoms with E-state index in [1.54, 1.807) is 0 Å². The van der Waals surface area contributed by atoms with Gasteiger partial charge in [0.25, 0.3) is 0 Å². The molecular formula is C32H22ClN3O. The molecule has 1 aliphatic carbocycles. The van der Waals surface area contributed by atoms with Gasteiger partial charge in [0.05, 0.1) is 0 Å². The van der Waals surface area contributed by atoms with Crippen molar-refractivity contribution in [3.05, 3.63) is 107 Å². The summed E-state index contributed by atoms with van der Waals surface area (Å²) >= 11 is 6.12. The van der Waals surface area contributed by atoms with Gasteiger partial charge in [0.15, 0.2) is 17.5 Å². The van der Waals surface area contributed by atoms with Crippen molar-refractivity contribution in [1.29, 1.82) is 0 Å². The van der Waals surface area contributed by atoms with E-state index in [1.807, 2.05) is 60.7 Å². The molecular weight excluding hydrogens is 478 g/mol. The number of furan rings is 1. The Hall–Kier alpha value is -4.28. The topological polar surface area (TPSA) is 51.8 Å². The number of hydrogen-bond donors (Lipinski definition) is 0. The van der Waals surface area contributed by atoms with Crippen LogP contribution in [0.2, 0.25) is 5.02 Å². The minimum Gasteiger partial charge on any atom is -0.456 e. The van der Waals surface area contributed by atoms with E-state index < -0.39 is 0 Å². The number of hydrogen-bond acceptors (Lipinski definition) is 4. The zero-order valence-electron chi connectivity index (χ0n) is 20.1. The van der Waals surface area contributed by atoms with Gasteiger partial charge in [-0.3, -0.25) is 0 Å². The zero-order valence-corrected chi connectivity index (χ0v) is 20.9. The Labute approximate surface area is 219 Å². The van der Waals surface area contributed by atoms with Gasteiger partial charge >= 0.3 is 0 Å². The third-order valence-electron chi connectivity index (χ3n) is 6.91. The standard InChI is InChI=1S/C32H22ClN3O/c1-19-7-8-22-16-27-26-14-11-23(17-28(26)37-29(27)18-24(22)15-19)32-35-30(20-5-3-2-4-6-20)34-31(36-32)21-9-12-25(33)13-10-21/h2-14,16-19H,15H2,1H3. The average molecular weight is 500 g/mol. The molecule has 0 saturated heterocycles. The molecule has 6 aromatic rings. The van der Waals surface area contributed by atoms with Gasteiger partial charge in [-0.1, -0.05) is 67.1 Å². The molecule has 2 aromatic heterocycles. The molecule has 7 rings (SSSR count). The van der Waals surface area contributed by atoms with Crippen LogP contribution in [-0.4, -0.2) is 15.0 Å². The zero-order chi connectivity index (χ0) is 24.9. The first-order valence-corrected chi connectivity index (χ1v) is 12.7. The maximum atomic E-state index is 6.35. The number of halogens is 1. The first kappa shape index (κ1) is 22.0. The van der Waals surface area contributed by atoms with E-state index in [4.69, 9.17) is 31.0 Å². The van der Waals surface area contributed by atoms with Crippen LogP contribution in [0.4, 0.5) is 0 Å². The van der Waals surface area contributed by atoms with Crippen molar-refractivity contribution in [1.82, 2.24) is 15.0 Å². The van der Waals surface area contributed by atoms with E-state index in [0.29, 0.717) is 28.4 Å². The van der Waals surface area contributed by atoms with Crippen molar-refractivity contribution in [2.75, 3.05) is 0 Å². The van der Waals surface area contributed by atoms with Crippen LogP contribution in [0.3, 0.4) is 0 Å². The second kappa shape index (κ2) is 8.68. The van der Waals surface area contributed by atoms with Crippen molar-refractivity contribution in [3.63, 3.8) is 0 Å². The lowest BCUT2D eigenvalue weighted by Crippen LogP contribution is -2.02. The number of rotatable bonds is 3. The summed E-state index contributed by atoms with van der Waals surface area (Å²) in [6.07, 6.45) is 5.53. The van der Waals surface area contributed by atoms with Crippen LogP contribution in [0.1, 0.15) is 18.1 Å². The van der Waals surface area contributed by atoms with Crippen LogP contribution in [0.5, 0.6) is 0 Å². The normalized spacial score (nSPS) is 14.8. The molecule has 4 aromatic carbocycles. The predicted octanol–water partition coefficient (Wildman–Crippen LogP) is 8.63. The number of allylic oxidation sites excluding steroid dienone is 1. The average Bonchev–Trinajstić information content (AvgIpc) is 3.29. The second-order valence-corrected chi connectivity index (χ2v) is 10.0. The highest BCUT2D eigenvalue weighted by molar-refractivity contribution is 6.30. The third kappa shape index (κ3) is 4.00. The molecule has 1 unspecified atom stereocenters. The molecule has 5 heteroatoms. The summed E-state index contributed by atoms with van der Waals surface area (Å²) in [5.41, 5.74) is 7.02. The Bertz CT molecular complexity index is 1820. The van der Waals surface area contributed by atoms with Crippen LogP contribution in [0, 0.1) is 5.92 Å². The molecule has 1 aliphatic rings. The molecule has 2 heterocycles. The first-order chi connectivity index (χ1) is 18.1. The molecule has 0 saturated carbocycles. The molecule has 0 spiro atoms. The van der Waals surface area contributed by atoms with Crippen molar-refractivity contribution in [3.8, 4) is 34.2 Å². The number of benzene rings is 4. The van der Waals surface area contributed by atoms with Crippen molar-refractivity contribution < 1.29 is 4.42 Å². The maximum absolute atomic E-state index is 6.35. The molecule has 178 valence electrons. The van der Waals surface area contributed by atoms with Gasteiger partial charge in [-0.2, -0.15) is 0 Å². The SMILES string of the molecule is CC1C=Cc2cc3c(cc2C1)oc1cc(-c2nc(-c4ccccc4)nc(-c4ccc(Cl)cc4)n2)ccc13. The fourth-order valence-corrected chi connectivity index (χ4v) is 5.11. The van der Waals surface area contributed by atoms with Gasteiger partial charge in [-0.05, 0) is 72.0 Å². The Morgan fingerprint density at radius 2 is 1.35 bits per heavy atom. The lowest BCUT2D eigenvalue weighted by atomic mass is 9.90. The molecule has 0 aliphatic heterocycles. The van der Waals surface area contributed by atoms with Crippen molar-refractivity contribution in [2.45, 2.75) is 13.3 Å².